The number of carboxylic acids is 1. The van der Waals surface area contributed by atoms with E-state index >= 15 is 0 Å². The molecule has 0 saturated carbocycles. The monoisotopic (exact) mass is 457 g/mol. The number of pyridine rings is 1. The van der Waals surface area contributed by atoms with E-state index in [1.54, 1.807) is 26.0 Å². The maximum absolute atomic E-state index is 12.9. The number of aromatic nitrogens is 1. The molecule has 1 aliphatic heterocycles. The van der Waals surface area contributed by atoms with Gasteiger partial charge in [0, 0.05) is 11.3 Å². The van der Waals surface area contributed by atoms with Gasteiger partial charge in [-0.1, -0.05) is 24.3 Å². The summed E-state index contributed by atoms with van der Waals surface area (Å²) in [5.41, 5.74) is 7.72. The Morgan fingerprint density at radius 1 is 1.03 bits per heavy atom. The number of nitrogens with one attached hydrogen (secondary N) is 1. The number of aryl methyl sites for hydroxylation is 3. The number of amides is 1. The molecule has 0 atom stereocenters. The predicted molar refractivity (Wildman–Crippen MR) is 131 cm³/mol. The van der Waals surface area contributed by atoms with Gasteiger partial charge in [-0.05, 0) is 68.7 Å². The third-order valence-corrected chi connectivity index (χ3v) is 5.54. The van der Waals surface area contributed by atoms with Crippen LogP contribution in [0.4, 0.5) is 11.5 Å². The fourth-order valence-corrected chi connectivity index (χ4v) is 3.55. The summed E-state index contributed by atoms with van der Waals surface area (Å²) in [5, 5.41) is 29.5. The van der Waals surface area contributed by atoms with Gasteiger partial charge in [-0.3, -0.25) is 10.2 Å². The third-order valence-electron chi connectivity index (χ3n) is 5.54. The molecular formula is C25H23N5O4. The van der Waals surface area contributed by atoms with Crippen molar-refractivity contribution in [2.24, 2.45) is 10.2 Å². The van der Waals surface area contributed by atoms with Gasteiger partial charge in [-0.15, -0.1) is 0 Å². The highest BCUT2D eigenvalue weighted by molar-refractivity contribution is 6.71. The first kappa shape index (κ1) is 22.7. The van der Waals surface area contributed by atoms with Crippen molar-refractivity contribution in [3.05, 3.63) is 70.9 Å². The predicted octanol–water partition coefficient (Wildman–Crippen LogP) is 4.27. The summed E-state index contributed by atoms with van der Waals surface area (Å²) in [6.45, 7) is 7.43. The molecule has 2 heterocycles. The lowest BCUT2D eigenvalue weighted by atomic mass is 10.00. The van der Waals surface area contributed by atoms with E-state index in [1.165, 1.54) is 18.2 Å². The van der Waals surface area contributed by atoms with Gasteiger partial charge >= 0.3 is 11.9 Å². The van der Waals surface area contributed by atoms with E-state index in [0.29, 0.717) is 22.7 Å². The van der Waals surface area contributed by atoms with Gasteiger partial charge in [0.15, 0.2) is 17.3 Å². The van der Waals surface area contributed by atoms with Gasteiger partial charge in [0.2, 0.25) is 0 Å². The number of anilines is 2. The number of benzene rings is 2. The molecule has 1 aliphatic rings. The number of hydrazone groups is 2. The van der Waals surface area contributed by atoms with Gasteiger partial charge in [0.05, 0.1) is 17.0 Å². The molecular weight excluding hydrogens is 434 g/mol. The van der Waals surface area contributed by atoms with Gasteiger partial charge in [0.25, 0.3) is 0 Å². The average molecular weight is 457 g/mol. The number of hydrogen-bond donors (Lipinski definition) is 3. The maximum Gasteiger partial charge on any atom is 0.335 e. The Kier molecular flexibility index (Phi) is 5.85. The molecule has 0 fully saturated rings. The summed E-state index contributed by atoms with van der Waals surface area (Å²) >= 11 is 0. The summed E-state index contributed by atoms with van der Waals surface area (Å²) in [6, 6.07) is 13.6. The number of aromatic carboxylic acids is 1. The molecule has 3 aromatic rings. The molecule has 0 bridgehead atoms. The van der Waals surface area contributed by atoms with E-state index in [0.717, 1.165) is 21.7 Å². The number of hydrogen-bond acceptors (Lipinski definition) is 7. The van der Waals surface area contributed by atoms with Crippen molar-refractivity contribution >= 4 is 34.8 Å². The van der Waals surface area contributed by atoms with Crippen LogP contribution >= 0.6 is 0 Å². The minimum Gasteiger partial charge on any atom is -0.504 e. The summed E-state index contributed by atoms with van der Waals surface area (Å²) < 4.78 is 0. The minimum absolute atomic E-state index is 0.0242. The van der Waals surface area contributed by atoms with Crippen LogP contribution in [-0.2, 0) is 4.79 Å². The highest BCUT2D eigenvalue weighted by atomic mass is 16.4. The smallest absolute Gasteiger partial charge is 0.335 e. The van der Waals surface area contributed by atoms with Crippen LogP contribution in [0.1, 0.15) is 34.1 Å². The number of carbonyl (C=O) groups is 2. The normalized spacial score (nSPS) is 14.5. The van der Waals surface area contributed by atoms with E-state index in [4.69, 9.17) is 0 Å². The quantitative estimate of drug-likeness (QED) is 0.491. The summed E-state index contributed by atoms with van der Waals surface area (Å²) in [6.07, 6.45) is 0. The lowest BCUT2D eigenvalue weighted by Crippen LogP contribution is -2.28. The molecule has 0 aliphatic carbocycles. The topological polar surface area (TPSA) is 127 Å². The third kappa shape index (κ3) is 4.23. The molecule has 0 unspecified atom stereocenters. The van der Waals surface area contributed by atoms with Crippen molar-refractivity contribution < 1.29 is 19.8 Å². The van der Waals surface area contributed by atoms with Crippen LogP contribution < -0.4 is 10.4 Å². The molecule has 4 rings (SSSR count). The lowest BCUT2D eigenvalue weighted by molar-refractivity contribution is -0.112. The molecule has 0 radical (unpaired) electrons. The summed E-state index contributed by atoms with van der Waals surface area (Å²) in [7, 11) is 0. The molecule has 3 N–H and O–H groups in total. The highest BCUT2D eigenvalue weighted by Gasteiger charge is 2.31. The number of carboxylic acid groups (broad SMARTS) is 1. The number of aromatic hydroxyl groups is 1. The van der Waals surface area contributed by atoms with Crippen LogP contribution in [0.5, 0.6) is 5.75 Å². The molecule has 0 saturated heterocycles. The molecule has 9 heteroatoms. The van der Waals surface area contributed by atoms with Crippen molar-refractivity contribution in [2.45, 2.75) is 27.7 Å². The molecule has 34 heavy (non-hydrogen) atoms. The Morgan fingerprint density at radius 2 is 1.79 bits per heavy atom. The second-order valence-electron chi connectivity index (χ2n) is 8.04. The second kappa shape index (κ2) is 8.78. The first-order valence-corrected chi connectivity index (χ1v) is 10.5. The van der Waals surface area contributed by atoms with Crippen LogP contribution in [0.2, 0.25) is 0 Å². The fourth-order valence-electron chi connectivity index (χ4n) is 3.55. The van der Waals surface area contributed by atoms with Crippen molar-refractivity contribution in [1.82, 2.24) is 4.98 Å². The zero-order valence-corrected chi connectivity index (χ0v) is 19.1. The number of rotatable bonds is 5. The Labute approximate surface area is 196 Å². The first-order chi connectivity index (χ1) is 16.2. The van der Waals surface area contributed by atoms with Crippen LogP contribution in [0, 0.1) is 20.8 Å². The van der Waals surface area contributed by atoms with Gasteiger partial charge in [-0.25, -0.2) is 9.78 Å². The average Bonchev–Trinajstić information content (AvgIpc) is 3.09. The van der Waals surface area contributed by atoms with Crippen molar-refractivity contribution in [1.29, 1.82) is 0 Å². The number of carbonyl (C=O) groups excluding carboxylic acids is 1. The van der Waals surface area contributed by atoms with Crippen molar-refractivity contribution in [2.75, 3.05) is 10.4 Å². The summed E-state index contributed by atoms with van der Waals surface area (Å²) in [4.78, 5) is 28.5. The standard InChI is InChI=1S/C25H23N5O4/c1-13-8-9-17(10-14(13)2)20-11-15(3)26-23(22(20)31)28-27-21-16(4)29-30(24(21)32)19-7-5-6-18(12-19)25(33)34/h5-12,31H,1-4H3,(H,26,28)(H,33,34)/b27-21-. The highest BCUT2D eigenvalue weighted by Crippen LogP contribution is 2.36. The van der Waals surface area contributed by atoms with E-state index in [9.17, 15) is 19.8 Å². The molecule has 2 aromatic carbocycles. The van der Waals surface area contributed by atoms with Crippen LogP contribution in [0.25, 0.3) is 11.1 Å². The first-order valence-electron chi connectivity index (χ1n) is 10.5. The maximum atomic E-state index is 12.9. The lowest BCUT2D eigenvalue weighted by Gasteiger charge is -2.13. The molecule has 1 amide bonds. The van der Waals surface area contributed by atoms with Crippen molar-refractivity contribution in [3.8, 4) is 16.9 Å². The van der Waals surface area contributed by atoms with Gasteiger partial charge in [0.1, 0.15) is 0 Å². The molecule has 1 aromatic heterocycles. The Bertz CT molecular complexity index is 1390. The second-order valence-corrected chi connectivity index (χ2v) is 8.04. The molecule has 9 nitrogen and oxygen atoms in total. The Hall–Kier alpha value is -4.53. The Balaban J connectivity index is 1.64. The Morgan fingerprint density at radius 3 is 2.50 bits per heavy atom. The largest absolute Gasteiger partial charge is 0.504 e. The SMILES string of the molecule is CC1=NN(c2cccc(C(=O)O)c2)C(=O)/C1=N\Nc1nc(C)cc(-c2ccc(C)c(C)c2)c1O. The van der Waals surface area contributed by atoms with Crippen LogP contribution in [0.3, 0.4) is 0 Å². The summed E-state index contributed by atoms with van der Waals surface area (Å²) in [5.74, 6) is -1.63. The molecule has 172 valence electrons. The fraction of sp³-hybridized carbons (Fsp3) is 0.160. The minimum atomic E-state index is -1.11. The van der Waals surface area contributed by atoms with E-state index in [1.807, 2.05) is 32.0 Å². The van der Waals surface area contributed by atoms with Gasteiger partial charge in [-0.2, -0.15) is 15.2 Å². The van der Waals surface area contributed by atoms with E-state index in [-0.39, 0.29) is 22.8 Å². The van der Waals surface area contributed by atoms with Crippen LogP contribution in [-0.4, -0.2) is 38.5 Å². The zero-order chi connectivity index (χ0) is 24.6. The molecule has 0 spiro atoms. The van der Waals surface area contributed by atoms with Gasteiger partial charge < -0.3 is 10.2 Å². The van der Waals surface area contributed by atoms with Crippen molar-refractivity contribution in [3.63, 3.8) is 0 Å². The van der Waals surface area contributed by atoms with Crippen LogP contribution in [0.15, 0.2) is 58.7 Å². The zero-order valence-electron chi connectivity index (χ0n) is 19.1. The van der Waals surface area contributed by atoms with E-state index < -0.39 is 11.9 Å². The number of nitrogens with zero attached hydrogens (tertiary/aromatic N) is 4. The van der Waals surface area contributed by atoms with E-state index in [2.05, 4.69) is 20.6 Å².